The number of aromatic nitrogens is 1. The first-order valence-electron chi connectivity index (χ1n) is 8.41. The smallest absolute Gasteiger partial charge is 0.287 e. The van der Waals surface area contributed by atoms with E-state index in [0.29, 0.717) is 21.9 Å². The monoisotopic (exact) mass is 370 g/mol. The summed E-state index contributed by atoms with van der Waals surface area (Å²) < 4.78 is 13.9. The topological polar surface area (TPSA) is 52.8 Å². The van der Waals surface area contributed by atoms with Crippen LogP contribution in [0.15, 0.2) is 35.3 Å². The average Bonchev–Trinajstić information content (AvgIpc) is 3.03. The summed E-state index contributed by atoms with van der Waals surface area (Å²) in [5, 5.41) is 0. The first-order valence-corrected chi connectivity index (χ1v) is 9.23. The molecule has 6 heteroatoms. The number of carbonyl (C=O) groups is 1. The van der Waals surface area contributed by atoms with Gasteiger partial charge in [0.05, 0.1) is 24.4 Å². The van der Waals surface area contributed by atoms with E-state index in [-0.39, 0.29) is 5.91 Å². The van der Waals surface area contributed by atoms with E-state index in [0.717, 1.165) is 16.8 Å². The molecule has 1 amide bonds. The fourth-order valence-electron chi connectivity index (χ4n) is 3.06. The van der Waals surface area contributed by atoms with Crippen LogP contribution in [-0.4, -0.2) is 24.7 Å². The van der Waals surface area contributed by atoms with Crippen LogP contribution in [0.25, 0.3) is 10.2 Å². The Morgan fingerprint density at radius 1 is 1.08 bits per heavy atom. The lowest BCUT2D eigenvalue weighted by Crippen LogP contribution is -2.17. The summed E-state index contributed by atoms with van der Waals surface area (Å²) in [5.41, 5.74) is 3.83. The largest absolute Gasteiger partial charge is 0.496 e. The number of aryl methyl sites for hydroxylation is 3. The van der Waals surface area contributed by atoms with Crippen molar-refractivity contribution in [2.24, 2.45) is 4.99 Å². The number of thiazole rings is 1. The number of methoxy groups -OCH3 is 2. The van der Waals surface area contributed by atoms with Gasteiger partial charge in [-0.05, 0) is 44.0 Å². The van der Waals surface area contributed by atoms with Gasteiger partial charge in [0, 0.05) is 6.54 Å². The van der Waals surface area contributed by atoms with Crippen molar-refractivity contribution in [2.45, 2.75) is 27.3 Å². The van der Waals surface area contributed by atoms with Crippen molar-refractivity contribution in [3.8, 4) is 11.5 Å². The minimum atomic E-state index is -0.372. The van der Waals surface area contributed by atoms with Crippen molar-refractivity contribution >= 4 is 27.5 Å². The zero-order valence-corrected chi connectivity index (χ0v) is 16.4. The lowest BCUT2D eigenvalue weighted by Gasteiger charge is -2.09. The van der Waals surface area contributed by atoms with Gasteiger partial charge in [-0.1, -0.05) is 29.5 Å². The molecule has 26 heavy (non-hydrogen) atoms. The molecule has 0 aliphatic carbocycles. The Morgan fingerprint density at radius 3 is 2.27 bits per heavy atom. The zero-order valence-electron chi connectivity index (χ0n) is 15.6. The van der Waals surface area contributed by atoms with Crippen LogP contribution in [0.2, 0.25) is 0 Å². The first kappa shape index (κ1) is 18.2. The molecule has 0 N–H and O–H groups in total. The quantitative estimate of drug-likeness (QED) is 0.695. The molecule has 3 aromatic rings. The number of ether oxygens (including phenoxy) is 2. The summed E-state index contributed by atoms with van der Waals surface area (Å²) in [7, 11) is 3.06. The number of hydrogen-bond acceptors (Lipinski definition) is 4. The van der Waals surface area contributed by atoms with Gasteiger partial charge in [0.1, 0.15) is 17.1 Å². The summed E-state index contributed by atoms with van der Waals surface area (Å²) in [4.78, 5) is 18.1. The molecule has 0 fully saturated rings. The third kappa shape index (κ3) is 3.01. The Kier molecular flexibility index (Phi) is 5.13. The fraction of sp³-hybridized carbons (Fsp3) is 0.300. The number of benzene rings is 2. The van der Waals surface area contributed by atoms with Crippen LogP contribution in [0.3, 0.4) is 0 Å². The molecule has 0 saturated heterocycles. The van der Waals surface area contributed by atoms with Gasteiger partial charge in [0.2, 0.25) is 0 Å². The first-order chi connectivity index (χ1) is 12.5. The van der Waals surface area contributed by atoms with E-state index in [2.05, 4.69) is 42.5 Å². The van der Waals surface area contributed by atoms with Gasteiger partial charge < -0.3 is 14.0 Å². The highest BCUT2D eigenvalue weighted by Crippen LogP contribution is 2.29. The predicted octanol–water partition coefficient (Wildman–Crippen LogP) is 4.10. The number of nitrogens with zero attached hydrogens (tertiary/aromatic N) is 2. The second-order valence-electron chi connectivity index (χ2n) is 5.96. The molecule has 1 aromatic heterocycles. The Morgan fingerprint density at radius 2 is 1.69 bits per heavy atom. The SMILES string of the molecule is CCn1c(=NC(=O)c2c(OC)cccc2OC)sc2c(C)ccc(C)c21. The Labute approximate surface area is 156 Å². The van der Waals surface area contributed by atoms with Gasteiger partial charge in [-0.3, -0.25) is 4.79 Å². The third-order valence-electron chi connectivity index (χ3n) is 4.38. The number of hydrogen-bond donors (Lipinski definition) is 0. The number of rotatable bonds is 4. The van der Waals surface area contributed by atoms with E-state index in [9.17, 15) is 4.79 Å². The predicted molar refractivity (Wildman–Crippen MR) is 104 cm³/mol. The van der Waals surface area contributed by atoms with E-state index in [1.165, 1.54) is 36.7 Å². The van der Waals surface area contributed by atoms with Crippen LogP contribution in [0.1, 0.15) is 28.4 Å². The summed E-state index contributed by atoms with van der Waals surface area (Å²) in [6.07, 6.45) is 0. The van der Waals surface area contributed by atoms with Crippen LogP contribution >= 0.6 is 11.3 Å². The molecule has 5 nitrogen and oxygen atoms in total. The maximum Gasteiger partial charge on any atom is 0.287 e. The number of amides is 1. The normalized spacial score (nSPS) is 11.8. The summed E-state index contributed by atoms with van der Waals surface area (Å²) in [6, 6.07) is 9.46. The number of carbonyl (C=O) groups excluding carboxylic acids is 1. The van der Waals surface area contributed by atoms with Crippen molar-refractivity contribution in [1.82, 2.24) is 4.57 Å². The lowest BCUT2D eigenvalue weighted by molar-refractivity contribution is 0.0992. The van der Waals surface area contributed by atoms with Crippen LogP contribution in [0.5, 0.6) is 11.5 Å². The summed E-state index contributed by atoms with van der Waals surface area (Å²) >= 11 is 1.53. The van der Waals surface area contributed by atoms with Gasteiger partial charge in [0.25, 0.3) is 5.91 Å². The minimum Gasteiger partial charge on any atom is -0.496 e. The van der Waals surface area contributed by atoms with Crippen molar-refractivity contribution in [1.29, 1.82) is 0 Å². The molecule has 0 radical (unpaired) electrons. The second-order valence-corrected chi connectivity index (χ2v) is 6.94. The standard InChI is InChI=1S/C20H22N2O3S/c1-6-22-17-12(2)10-11-13(3)18(17)26-20(22)21-19(23)16-14(24-4)8-7-9-15(16)25-5/h7-11H,6H2,1-5H3. The van der Waals surface area contributed by atoms with Gasteiger partial charge in [-0.15, -0.1) is 0 Å². The van der Waals surface area contributed by atoms with Gasteiger partial charge in [-0.2, -0.15) is 4.99 Å². The fourth-order valence-corrected chi connectivity index (χ4v) is 4.30. The van der Waals surface area contributed by atoms with Crippen LogP contribution in [0.4, 0.5) is 0 Å². The highest BCUT2D eigenvalue weighted by Gasteiger charge is 2.19. The second kappa shape index (κ2) is 7.33. The lowest BCUT2D eigenvalue weighted by atomic mass is 10.1. The molecule has 0 saturated carbocycles. The highest BCUT2D eigenvalue weighted by molar-refractivity contribution is 7.16. The average molecular weight is 370 g/mol. The molecule has 1 heterocycles. The van der Waals surface area contributed by atoms with Gasteiger partial charge >= 0.3 is 0 Å². The molecule has 0 atom stereocenters. The third-order valence-corrected chi connectivity index (χ3v) is 5.59. The molecule has 2 aromatic carbocycles. The molecule has 0 aliphatic heterocycles. The molecule has 136 valence electrons. The van der Waals surface area contributed by atoms with Crippen molar-refractivity contribution in [3.05, 3.63) is 51.8 Å². The molecular weight excluding hydrogens is 348 g/mol. The van der Waals surface area contributed by atoms with Gasteiger partial charge in [0.15, 0.2) is 4.80 Å². The van der Waals surface area contributed by atoms with Crippen molar-refractivity contribution < 1.29 is 14.3 Å². The number of fused-ring (bicyclic) bond motifs is 1. The maximum absolute atomic E-state index is 13.0. The zero-order chi connectivity index (χ0) is 18.8. The maximum atomic E-state index is 13.0. The van der Waals surface area contributed by atoms with Crippen molar-refractivity contribution in [2.75, 3.05) is 14.2 Å². The molecule has 0 bridgehead atoms. The molecule has 0 unspecified atom stereocenters. The van der Waals surface area contributed by atoms with E-state index in [1.54, 1.807) is 18.2 Å². The van der Waals surface area contributed by atoms with Crippen molar-refractivity contribution in [3.63, 3.8) is 0 Å². The summed E-state index contributed by atoms with van der Waals surface area (Å²) in [6.45, 7) is 6.95. The molecule has 0 aliphatic rings. The van der Waals surface area contributed by atoms with E-state index >= 15 is 0 Å². The minimum absolute atomic E-state index is 0.339. The van der Waals surface area contributed by atoms with E-state index in [1.807, 2.05) is 0 Å². The molecule has 3 rings (SSSR count). The molecule has 0 spiro atoms. The van der Waals surface area contributed by atoms with E-state index < -0.39 is 0 Å². The molecular formula is C20H22N2O3S. The Hall–Kier alpha value is -2.60. The van der Waals surface area contributed by atoms with E-state index in [4.69, 9.17) is 9.47 Å². The highest BCUT2D eigenvalue weighted by atomic mass is 32.1. The Bertz CT molecular complexity index is 1020. The Balaban J connectivity index is 2.25. The van der Waals surface area contributed by atoms with Crippen LogP contribution in [-0.2, 0) is 6.54 Å². The van der Waals surface area contributed by atoms with Crippen LogP contribution in [0, 0.1) is 13.8 Å². The summed E-state index contributed by atoms with van der Waals surface area (Å²) in [5.74, 6) is 0.535. The van der Waals surface area contributed by atoms with Crippen LogP contribution < -0.4 is 14.3 Å². The van der Waals surface area contributed by atoms with Gasteiger partial charge in [-0.25, -0.2) is 0 Å².